The standard InChI is InChI=1S/C75H65BN2/c1-71(2,3)43-30-33-64-53(34-43)54-36-45(73(7,8)9)39-62-67(54)77(64)69-57(50-32-31-47(42-22-14-13-15-23-42)48-24-16-17-25-49(48)50)41-61-70-65(69)76(62)63-40-46(74(10,11)12)37-56-55-35-44(72(4,5)6)38-60(66(55)78(70)68(56)63)75(61)58-28-20-18-26-51(58)52-27-19-21-29-59(52)75/h13-41H,1-12H3. The normalized spacial score (nSPS) is 14.7. The molecule has 4 aliphatic rings. The summed E-state index contributed by atoms with van der Waals surface area (Å²) in [6, 6.07) is 69.8. The van der Waals surface area contributed by atoms with Crippen LogP contribution >= 0.6 is 0 Å². The average Bonchev–Trinajstić information content (AvgIpc) is 2.51. The molecule has 1 spiro atoms. The van der Waals surface area contributed by atoms with Crippen molar-refractivity contribution in [3.05, 3.63) is 220 Å². The minimum Gasteiger partial charge on any atom is -0.310 e. The van der Waals surface area contributed by atoms with E-state index >= 15 is 0 Å². The predicted molar refractivity (Wildman–Crippen MR) is 334 cm³/mol. The van der Waals surface area contributed by atoms with Crippen molar-refractivity contribution in [3.63, 3.8) is 0 Å². The summed E-state index contributed by atoms with van der Waals surface area (Å²) < 4.78 is 5.57. The van der Waals surface area contributed by atoms with Crippen LogP contribution < -0.4 is 16.4 Å². The minimum absolute atomic E-state index is 0.0311. The first-order valence-corrected chi connectivity index (χ1v) is 28.5. The molecule has 16 rings (SSSR count). The summed E-state index contributed by atoms with van der Waals surface area (Å²) in [5.74, 6) is 0. The van der Waals surface area contributed by atoms with Crippen molar-refractivity contribution in [1.29, 1.82) is 0 Å². The van der Waals surface area contributed by atoms with E-state index in [0.29, 0.717) is 0 Å². The molecular formula is C75H65BN2. The molecule has 10 aromatic carbocycles. The van der Waals surface area contributed by atoms with Crippen LogP contribution in [0.25, 0.3) is 99.1 Å². The molecule has 0 saturated heterocycles. The van der Waals surface area contributed by atoms with Crippen LogP contribution in [0.3, 0.4) is 0 Å². The Hall–Kier alpha value is -7.88. The number of hydrogen-bond donors (Lipinski definition) is 0. The molecule has 78 heavy (non-hydrogen) atoms. The molecule has 3 aliphatic heterocycles. The van der Waals surface area contributed by atoms with Gasteiger partial charge in [-0.15, -0.1) is 0 Å². The fraction of sp³-hybridized carbons (Fsp3) is 0.227. The SMILES string of the molecule is CC(C)(C)c1ccc2c(c1)c1cc(C(C)(C)C)cc3c1n2-c1c(-c2ccc(-c4ccccc4)c4ccccc24)cc2c4c1B3c1cc(C(C)(C)C)cc3c5cc(C(C)(C)C)cc(c5n-4c13)C21c2ccccc2-c2ccccc21. The van der Waals surface area contributed by atoms with Crippen LogP contribution in [0.2, 0.25) is 0 Å². The van der Waals surface area contributed by atoms with E-state index in [1.54, 1.807) is 0 Å². The smallest absolute Gasteiger partial charge is 0.252 e. The van der Waals surface area contributed by atoms with Crippen LogP contribution in [0.4, 0.5) is 0 Å². The fourth-order valence-electron chi connectivity index (χ4n) is 15.2. The van der Waals surface area contributed by atoms with Gasteiger partial charge in [0.15, 0.2) is 0 Å². The molecule has 0 radical (unpaired) electrons. The molecule has 1 aliphatic carbocycles. The molecular weight excluding hydrogens is 940 g/mol. The second-order valence-corrected chi connectivity index (χ2v) is 27.7. The average molecular weight is 1010 g/mol. The maximum absolute atomic E-state index is 2.81. The molecule has 0 unspecified atom stereocenters. The van der Waals surface area contributed by atoms with E-state index in [1.807, 2.05) is 0 Å². The molecule has 0 amide bonds. The Morgan fingerprint density at radius 1 is 0.321 bits per heavy atom. The number of hydrogen-bond acceptors (Lipinski definition) is 0. The van der Waals surface area contributed by atoms with Gasteiger partial charge in [-0.25, -0.2) is 0 Å². The van der Waals surface area contributed by atoms with E-state index in [4.69, 9.17) is 0 Å². The van der Waals surface area contributed by atoms with Crippen LogP contribution in [-0.2, 0) is 27.1 Å². The number of nitrogens with zero attached hydrogens (tertiary/aromatic N) is 2. The Kier molecular flexibility index (Phi) is 8.79. The highest BCUT2D eigenvalue weighted by Crippen LogP contribution is 2.63. The molecule has 0 bridgehead atoms. The summed E-state index contributed by atoms with van der Waals surface area (Å²) in [6.07, 6.45) is 0. The van der Waals surface area contributed by atoms with Crippen molar-refractivity contribution in [2.75, 3.05) is 0 Å². The topological polar surface area (TPSA) is 9.86 Å². The van der Waals surface area contributed by atoms with E-state index in [2.05, 4.69) is 268 Å². The van der Waals surface area contributed by atoms with Gasteiger partial charge < -0.3 is 9.13 Å². The third kappa shape index (κ3) is 5.75. The second-order valence-electron chi connectivity index (χ2n) is 27.7. The van der Waals surface area contributed by atoms with E-state index in [9.17, 15) is 0 Å². The molecule has 3 heteroatoms. The maximum atomic E-state index is 2.81. The van der Waals surface area contributed by atoms with Crippen LogP contribution in [0.1, 0.15) is 128 Å². The molecule has 0 atom stereocenters. The van der Waals surface area contributed by atoms with Gasteiger partial charge in [-0.1, -0.05) is 223 Å². The highest BCUT2D eigenvalue weighted by atomic mass is 15.1. The molecule has 12 aromatic rings. The first-order valence-electron chi connectivity index (χ1n) is 28.5. The van der Waals surface area contributed by atoms with Crippen LogP contribution in [0, 0.1) is 0 Å². The Morgan fingerprint density at radius 2 is 0.808 bits per heavy atom. The largest absolute Gasteiger partial charge is 0.310 e. The van der Waals surface area contributed by atoms with Gasteiger partial charge in [0, 0.05) is 43.8 Å². The maximum Gasteiger partial charge on any atom is 0.252 e. The van der Waals surface area contributed by atoms with Crippen molar-refractivity contribution >= 4 is 77.5 Å². The van der Waals surface area contributed by atoms with E-state index in [-0.39, 0.29) is 28.4 Å². The zero-order valence-corrected chi connectivity index (χ0v) is 47.2. The summed E-state index contributed by atoms with van der Waals surface area (Å²) >= 11 is 0. The summed E-state index contributed by atoms with van der Waals surface area (Å²) in [5.41, 5.74) is 29.9. The van der Waals surface area contributed by atoms with Gasteiger partial charge >= 0.3 is 0 Å². The van der Waals surface area contributed by atoms with Gasteiger partial charge in [0.2, 0.25) is 0 Å². The third-order valence-electron chi connectivity index (χ3n) is 19.1. The second kappa shape index (κ2) is 14.8. The summed E-state index contributed by atoms with van der Waals surface area (Å²) in [6.45, 7) is 28.7. The van der Waals surface area contributed by atoms with Crippen LogP contribution in [0.15, 0.2) is 176 Å². The van der Waals surface area contributed by atoms with Gasteiger partial charge in [0.25, 0.3) is 6.71 Å². The summed E-state index contributed by atoms with van der Waals surface area (Å²) in [4.78, 5) is 0. The van der Waals surface area contributed by atoms with Crippen molar-refractivity contribution < 1.29 is 0 Å². The lowest BCUT2D eigenvalue weighted by atomic mass is 9.33. The lowest BCUT2D eigenvalue weighted by Crippen LogP contribution is -2.61. The van der Waals surface area contributed by atoms with E-state index < -0.39 is 5.41 Å². The van der Waals surface area contributed by atoms with Crippen LogP contribution in [-0.4, -0.2) is 15.8 Å². The minimum atomic E-state index is -0.645. The zero-order chi connectivity index (χ0) is 53.5. The number of fused-ring (bicyclic) bond motifs is 15. The number of rotatable bonds is 2. The van der Waals surface area contributed by atoms with Gasteiger partial charge in [-0.3, -0.25) is 0 Å². The van der Waals surface area contributed by atoms with Crippen molar-refractivity contribution in [1.82, 2.24) is 9.13 Å². The van der Waals surface area contributed by atoms with Gasteiger partial charge in [0.05, 0.1) is 22.1 Å². The van der Waals surface area contributed by atoms with Crippen molar-refractivity contribution in [3.8, 4) is 44.8 Å². The molecule has 0 saturated carbocycles. The van der Waals surface area contributed by atoms with Gasteiger partial charge in [-0.05, 0) is 158 Å². The zero-order valence-electron chi connectivity index (χ0n) is 47.2. The number of aromatic nitrogens is 2. The monoisotopic (exact) mass is 1000 g/mol. The van der Waals surface area contributed by atoms with E-state index in [0.717, 1.165) is 0 Å². The first-order chi connectivity index (χ1) is 37.2. The third-order valence-corrected chi connectivity index (χ3v) is 19.1. The molecule has 0 fully saturated rings. The van der Waals surface area contributed by atoms with Gasteiger partial charge in [0.1, 0.15) is 0 Å². The quantitative estimate of drug-likeness (QED) is 0.153. The lowest BCUT2D eigenvalue weighted by molar-refractivity contribution is 0.588. The molecule has 5 heterocycles. The molecule has 2 aromatic heterocycles. The summed E-state index contributed by atoms with van der Waals surface area (Å²) in [5, 5.41) is 7.93. The first kappa shape index (κ1) is 46.2. The van der Waals surface area contributed by atoms with Crippen LogP contribution in [0.5, 0.6) is 0 Å². The molecule has 2 nitrogen and oxygen atoms in total. The Labute approximate surface area is 459 Å². The summed E-state index contributed by atoms with van der Waals surface area (Å²) in [7, 11) is 0. The lowest BCUT2D eigenvalue weighted by Gasteiger charge is -2.45. The highest BCUT2D eigenvalue weighted by molar-refractivity contribution is 7.00. The van der Waals surface area contributed by atoms with Crippen molar-refractivity contribution in [2.24, 2.45) is 0 Å². The van der Waals surface area contributed by atoms with Gasteiger partial charge in [-0.2, -0.15) is 0 Å². The predicted octanol–water partition coefficient (Wildman–Crippen LogP) is 17.4. The molecule has 0 N–H and O–H groups in total. The Bertz CT molecular complexity index is 4650. The number of benzene rings is 10. The Balaban J connectivity index is 1.21. The Morgan fingerprint density at radius 3 is 1.41 bits per heavy atom. The van der Waals surface area contributed by atoms with Crippen molar-refractivity contribution in [2.45, 2.75) is 110 Å². The highest BCUT2D eigenvalue weighted by Gasteiger charge is 2.55. The fourth-order valence-corrected chi connectivity index (χ4v) is 15.2. The molecule has 378 valence electrons. The van der Waals surface area contributed by atoms with E-state index in [1.165, 1.54) is 160 Å².